The highest BCUT2D eigenvalue weighted by Gasteiger charge is 2.33. The van der Waals surface area contributed by atoms with E-state index in [9.17, 15) is 18.0 Å². The molecule has 8 nitrogen and oxygen atoms in total. The first-order valence-electron chi connectivity index (χ1n) is 13.2. The van der Waals surface area contributed by atoms with Crippen molar-refractivity contribution in [3.05, 3.63) is 88.4 Å². The molecule has 0 fully saturated rings. The van der Waals surface area contributed by atoms with Crippen LogP contribution in [0.4, 0.5) is 5.69 Å². The summed E-state index contributed by atoms with van der Waals surface area (Å²) in [7, 11) is -2.68. The van der Waals surface area contributed by atoms with Crippen molar-refractivity contribution in [2.24, 2.45) is 5.92 Å². The topological polar surface area (TPSA) is 96.0 Å². The molecule has 3 aromatic rings. The molecule has 1 N–H and O–H groups in total. The second-order valence-corrected chi connectivity index (χ2v) is 12.6. The number of rotatable bonds is 13. The van der Waals surface area contributed by atoms with E-state index in [0.29, 0.717) is 28.8 Å². The highest BCUT2D eigenvalue weighted by Crippen LogP contribution is 2.28. The highest BCUT2D eigenvalue weighted by molar-refractivity contribution is 7.92. The number of benzene rings is 3. The largest absolute Gasteiger partial charge is 0.497 e. The van der Waals surface area contributed by atoms with E-state index in [4.69, 9.17) is 27.9 Å². The average molecular weight is 621 g/mol. The van der Waals surface area contributed by atoms with Gasteiger partial charge in [-0.25, -0.2) is 8.42 Å². The summed E-state index contributed by atoms with van der Waals surface area (Å²) in [6, 6.07) is 18.3. The molecule has 11 heteroatoms. The first-order valence-corrected chi connectivity index (χ1v) is 15.4. The van der Waals surface area contributed by atoms with Gasteiger partial charge in [0, 0.05) is 23.1 Å². The minimum atomic E-state index is -4.23. The van der Waals surface area contributed by atoms with Crippen LogP contribution in [0, 0.1) is 5.92 Å². The van der Waals surface area contributed by atoms with Gasteiger partial charge in [-0.2, -0.15) is 0 Å². The number of nitrogens with zero attached hydrogens (tertiary/aromatic N) is 2. The maximum absolute atomic E-state index is 14.1. The van der Waals surface area contributed by atoms with Gasteiger partial charge in [-0.05, 0) is 72.5 Å². The second kappa shape index (κ2) is 14.6. The Hall–Kier alpha value is -3.27. The molecule has 0 heterocycles. The fourth-order valence-corrected chi connectivity index (χ4v) is 5.92. The number of carbonyl (C=O) groups is 2. The lowest BCUT2D eigenvalue weighted by Crippen LogP contribution is -2.52. The molecular weight excluding hydrogens is 585 g/mol. The number of halogens is 2. The number of anilines is 1. The third kappa shape index (κ3) is 8.61. The van der Waals surface area contributed by atoms with Gasteiger partial charge in [0.05, 0.1) is 17.7 Å². The Kier molecular flexibility index (Phi) is 11.5. The van der Waals surface area contributed by atoms with Crippen molar-refractivity contribution in [1.82, 2.24) is 10.2 Å². The van der Waals surface area contributed by atoms with Crippen molar-refractivity contribution in [2.45, 2.75) is 44.7 Å². The molecule has 0 unspecified atom stereocenters. The molecule has 0 aliphatic rings. The van der Waals surface area contributed by atoms with E-state index in [1.807, 2.05) is 26.8 Å². The maximum atomic E-state index is 14.1. The Bertz CT molecular complexity index is 1450. The van der Waals surface area contributed by atoms with Gasteiger partial charge in [-0.1, -0.05) is 62.2 Å². The van der Waals surface area contributed by atoms with Crippen LogP contribution in [0.3, 0.4) is 0 Å². The van der Waals surface area contributed by atoms with Crippen LogP contribution < -0.4 is 14.4 Å². The number of hydrogen-bond donors (Lipinski definition) is 1. The number of amides is 2. The van der Waals surface area contributed by atoms with Crippen molar-refractivity contribution in [2.75, 3.05) is 24.5 Å². The van der Waals surface area contributed by atoms with E-state index in [2.05, 4.69) is 5.32 Å². The Morgan fingerprint density at radius 3 is 2.24 bits per heavy atom. The molecule has 41 heavy (non-hydrogen) atoms. The summed E-state index contributed by atoms with van der Waals surface area (Å²) >= 11 is 12.2. The van der Waals surface area contributed by atoms with Crippen molar-refractivity contribution < 1.29 is 22.7 Å². The molecular formula is C30H35Cl2N3O5S. The zero-order chi connectivity index (χ0) is 30.2. The first-order chi connectivity index (χ1) is 19.5. The van der Waals surface area contributed by atoms with Crippen molar-refractivity contribution in [3.8, 4) is 5.75 Å². The van der Waals surface area contributed by atoms with E-state index >= 15 is 0 Å². The van der Waals surface area contributed by atoms with Crippen molar-refractivity contribution >= 4 is 50.7 Å². The Morgan fingerprint density at radius 1 is 0.951 bits per heavy atom. The lowest BCUT2D eigenvalue weighted by Gasteiger charge is -2.33. The van der Waals surface area contributed by atoms with Gasteiger partial charge >= 0.3 is 0 Å². The van der Waals surface area contributed by atoms with E-state index in [1.165, 1.54) is 35.2 Å². The van der Waals surface area contributed by atoms with E-state index in [1.54, 1.807) is 43.5 Å². The molecule has 1 atom stereocenters. The third-order valence-electron chi connectivity index (χ3n) is 6.33. The molecule has 2 amide bonds. The normalized spacial score (nSPS) is 12.1. The standard InChI is InChI=1S/C30H35Cl2N3O5S/c1-5-28(30(37)33-18-21(2)3)34(19-22-8-6-11-26(16-22)40-4)29(36)20-35(25-10-7-9-24(32)17-25)41(38,39)27-14-12-23(31)13-15-27/h6-17,21,28H,5,18-20H2,1-4H3,(H,33,37)/t28-/m1/s1. The smallest absolute Gasteiger partial charge is 0.264 e. The number of nitrogens with one attached hydrogen (secondary N) is 1. The van der Waals surface area contributed by atoms with Gasteiger partial charge in [0.15, 0.2) is 0 Å². The fraction of sp³-hybridized carbons (Fsp3) is 0.333. The van der Waals surface area contributed by atoms with Gasteiger partial charge < -0.3 is 15.0 Å². The monoisotopic (exact) mass is 619 g/mol. The summed E-state index contributed by atoms with van der Waals surface area (Å²) in [6.07, 6.45) is 0.320. The number of methoxy groups -OCH3 is 1. The van der Waals surface area contributed by atoms with Crippen LogP contribution in [0.25, 0.3) is 0 Å². The van der Waals surface area contributed by atoms with Gasteiger partial charge in [-0.3, -0.25) is 13.9 Å². The highest BCUT2D eigenvalue weighted by atomic mass is 35.5. The van der Waals surface area contributed by atoms with Crippen LogP contribution in [0.2, 0.25) is 10.0 Å². The van der Waals surface area contributed by atoms with E-state index < -0.39 is 28.5 Å². The molecule has 0 saturated carbocycles. The molecule has 3 rings (SSSR count). The Labute approximate surface area is 252 Å². The van der Waals surface area contributed by atoms with E-state index in [-0.39, 0.29) is 29.0 Å². The molecule has 0 radical (unpaired) electrons. The van der Waals surface area contributed by atoms with Gasteiger partial charge in [0.25, 0.3) is 10.0 Å². The molecule has 0 aromatic heterocycles. The maximum Gasteiger partial charge on any atom is 0.264 e. The third-order valence-corrected chi connectivity index (χ3v) is 8.61. The van der Waals surface area contributed by atoms with Crippen LogP contribution in [-0.2, 0) is 26.2 Å². The molecule has 0 saturated heterocycles. The van der Waals surface area contributed by atoms with Crippen LogP contribution in [-0.4, -0.2) is 51.4 Å². The molecule has 0 aliphatic heterocycles. The molecule has 0 aliphatic carbocycles. The predicted octanol–water partition coefficient (Wildman–Crippen LogP) is 5.78. The number of hydrogen-bond acceptors (Lipinski definition) is 5. The fourth-order valence-electron chi connectivity index (χ4n) is 4.20. The second-order valence-electron chi connectivity index (χ2n) is 9.88. The number of carbonyl (C=O) groups excluding carboxylic acids is 2. The minimum Gasteiger partial charge on any atom is -0.497 e. The lowest BCUT2D eigenvalue weighted by molar-refractivity contribution is -0.140. The van der Waals surface area contributed by atoms with Gasteiger partial charge in [-0.15, -0.1) is 0 Å². The Balaban J connectivity index is 2.06. The Morgan fingerprint density at radius 2 is 1.63 bits per heavy atom. The predicted molar refractivity (Wildman–Crippen MR) is 163 cm³/mol. The molecule has 0 bridgehead atoms. The molecule has 0 spiro atoms. The van der Waals surface area contributed by atoms with Crippen LogP contribution >= 0.6 is 23.2 Å². The number of ether oxygens (including phenoxy) is 1. The van der Waals surface area contributed by atoms with Crippen LogP contribution in [0.15, 0.2) is 77.7 Å². The lowest BCUT2D eigenvalue weighted by atomic mass is 10.1. The minimum absolute atomic E-state index is 0.0456. The summed E-state index contributed by atoms with van der Waals surface area (Å²) in [5.41, 5.74) is 0.933. The summed E-state index contributed by atoms with van der Waals surface area (Å²) in [5, 5.41) is 3.59. The van der Waals surface area contributed by atoms with Crippen molar-refractivity contribution in [3.63, 3.8) is 0 Å². The van der Waals surface area contributed by atoms with Gasteiger partial charge in [0.1, 0.15) is 18.3 Å². The van der Waals surface area contributed by atoms with Crippen molar-refractivity contribution in [1.29, 1.82) is 0 Å². The average Bonchev–Trinajstić information content (AvgIpc) is 2.94. The SMILES string of the molecule is CC[C@H](C(=O)NCC(C)C)N(Cc1cccc(OC)c1)C(=O)CN(c1cccc(Cl)c1)S(=O)(=O)c1ccc(Cl)cc1. The summed E-state index contributed by atoms with van der Waals surface area (Å²) in [6.45, 7) is 5.70. The van der Waals surface area contributed by atoms with Crippen LogP contribution in [0.1, 0.15) is 32.8 Å². The number of sulfonamides is 1. The summed E-state index contributed by atoms with van der Waals surface area (Å²) in [4.78, 5) is 28.8. The summed E-state index contributed by atoms with van der Waals surface area (Å²) < 4.78 is 34.1. The van der Waals surface area contributed by atoms with E-state index in [0.717, 1.165) is 9.87 Å². The first kappa shape index (κ1) is 32.2. The molecule has 3 aromatic carbocycles. The van der Waals surface area contributed by atoms with Gasteiger partial charge in [0.2, 0.25) is 11.8 Å². The molecule has 220 valence electrons. The van der Waals surface area contributed by atoms with Crippen LogP contribution in [0.5, 0.6) is 5.75 Å². The quantitative estimate of drug-likeness (QED) is 0.262. The zero-order valence-corrected chi connectivity index (χ0v) is 25.8. The summed E-state index contributed by atoms with van der Waals surface area (Å²) in [5.74, 6) is -0.0656. The zero-order valence-electron chi connectivity index (χ0n) is 23.5.